The van der Waals surface area contributed by atoms with Crippen LogP contribution < -0.4 is 10.9 Å². The Bertz CT molecular complexity index is 773. The van der Waals surface area contributed by atoms with Gasteiger partial charge in [0.15, 0.2) is 5.65 Å². The summed E-state index contributed by atoms with van der Waals surface area (Å²) in [6.45, 7) is 1.83. The van der Waals surface area contributed by atoms with E-state index in [0.717, 1.165) is 18.5 Å². The lowest BCUT2D eigenvalue weighted by atomic mass is 10.1. The highest BCUT2D eigenvalue weighted by atomic mass is 16.3. The first-order valence-electron chi connectivity index (χ1n) is 7.52. The van der Waals surface area contributed by atoms with E-state index < -0.39 is 0 Å². The Labute approximate surface area is 127 Å². The highest BCUT2D eigenvalue weighted by Gasteiger charge is 2.28. The van der Waals surface area contributed by atoms with E-state index in [2.05, 4.69) is 15.4 Å². The molecule has 1 aliphatic rings. The second-order valence-electron chi connectivity index (χ2n) is 5.95. The van der Waals surface area contributed by atoms with E-state index in [4.69, 9.17) is 5.11 Å². The van der Waals surface area contributed by atoms with Crippen molar-refractivity contribution < 1.29 is 9.90 Å². The first kappa shape index (κ1) is 14.8. The number of fused-ring (bicyclic) bond motifs is 1. The van der Waals surface area contributed by atoms with Gasteiger partial charge in [0.1, 0.15) is 0 Å². The van der Waals surface area contributed by atoms with Gasteiger partial charge in [-0.15, -0.1) is 0 Å². The monoisotopic (exact) mass is 304 g/mol. The van der Waals surface area contributed by atoms with Crippen LogP contribution in [0.3, 0.4) is 0 Å². The molecular formula is C15H20N4O3. The second-order valence-corrected chi connectivity index (χ2v) is 5.95. The molecule has 2 heterocycles. The Kier molecular flexibility index (Phi) is 3.74. The molecule has 1 atom stereocenters. The minimum absolute atomic E-state index is 0.00640. The van der Waals surface area contributed by atoms with Gasteiger partial charge in [0, 0.05) is 31.3 Å². The molecule has 3 N–H and O–H groups in total. The fraction of sp³-hybridized carbons (Fsp3) is 0.533. The quantitative estimate of drug-likeness (QED) is 0.754. The van der Waals surface area contributed by atoms with Gasteiger partial charge >= 0.3 is 0 Å². The van der Waals surface area contributed by atoms with Crippen LogP contribution in [0.1, 0.15) is 48.2 Å². The average Bonchev–Trinajstić information content (AvgIpc) is 3.26. The number of hydrogen-bond donors (Lipinski definition) is 3. The van der Waals surface area contributed by atoms with Crippen molar-refractivity contribution in [2.24, 2.45) is 7.05 Å². The topological polar surface area (TPSA) is 100 Å². The number of rotatable bonds is 5. The van der Waals surface area contributed by atoms with Crippen LogP contribution in [0.15, 0.2) is 10.9 Å². The molecule has 0 aliphatic heterocycles. The maximum atomic E-state index is 12.5. The van der Waals surface area contributed by atoms with Crippen molar-refractivity contribution in [1.29, 1.82) is 0 Å². The number of carbonyl (C=O) groups is 1. The maximum absolute atomic E-state index is 12.5. The number of aromatic nitrogens is 3. The minimum atomic E-state index is -0.313. The molecular weight excluding hydrogens is 284 g/mol. The van der Waals surface area contributed by atoms with Gasteiger partial charge in [0.05, 0.1) is 10.9 Å². The standard InChI is InChI=1S/C15H20N4O3/c1-8(5-6-20)16-14(21)10-7-11(9-3-4-9)17-13-12(10)15(22)18-19(13)2/h7-9,20H,3-6H2,1-2H3,(H,16,21)(H,18,22). The molecule has 1 aliphatic carbocycles. The zero-order valence-corrected chi connectivity index (χ0v) is 12.7. The molecule has 2 aromatic heterocycles. The smallest absolute Gasteiger partial charge is 0.274 e. The van der Waals surface area contributed by atoms with Crippen molar-refractivity contribution in [3.63, 3.8) is 0 Å². The molecule has 7 heteroatoms. The molecule has 7 nitrogen and oxygen atoms in total. The summed E-state index contributed by atoms with van der Waals surface area (Å²) in [5.41, 5.74) is 1.42. The molecule has 1 unspecified atom stereocenters. The lowest BCUT2D eigenvalue weighted by Crippen LogP contribution is -2.33. The van der Waals surface area contributed by atoms with E-state index in [-0.39, 0.29) is 24.1 Å². The van der Waals surface area contributed by atoms with Crippen molar-refractivity contribution >= 4 is 16.9 Å². The zero-order chi connectivity index (χ0) is 15.9. The maximum Gasteiger partial charge on any atom is 0.274 e. The molecule has 0 radical (unpaired) electrons. The predicted octanol–water partition coefficient (Wildman–Crippen LogP) is 0.640. The third-order valence-corrected chi connectivity index (χ3v) is 4.01. The predicted molar refractivity (Wildman–Crippen MR) is 81.9 cm³/mol. The van der Waals surface area contributed by atoms with Gasteiger partial charge < -0.3 is 10.4 Å². The summed E-state index contributed by atoms with van der Waals surface area (Å²) in [5.74, 6) is 0.0859. The van der Waals surface area contributed by atoms with E-state index in [1.807, 2.05) is 6.92 Å². The highest BCUT2D eigenvalue weighted by molar-refractivity contribution is 6.05. The lowest BCUT2D eigenvalue weighted by molar-refractivity contribution is 0.0936. The summed E-state index contributed by atoms with van der Waals surface area (Å²) in [6, 6.07) is 1.57. The van der Waals surface area contributed by atoms with Crippen LogP contribution in [0, 0.1) is 0 Å². The lowest BCUT2D eigenvalue weighted by Gasteiger charge is -2.13. The van der Waals surface area contributed by atoms with Gasteiger partial charge in [-0.1, -0.05) is 0 Å². The summed E-state index contributed by atoms with van der Waals surface area (Å²) < 4.78 is 1.55. The SMILES string of the molecule is CC(CCO)NC(=O)c1cc(C2CC2)nc2c1c(=O)[nH]n2C. The number of pyridine rings is 1. The van der Waals surface area contributed by atoms with E-state index in [0.29, 0.717) is 28.9 Å². The number of aliphatic hydroxyl groups excluding tert-OH is 1. The van der Waals surface area contributed by atoms with Crippen LogP contribution >= 0.6 is 0 Å². The Balaban J connectivity index is 2.06. The first-order valence-corrected chi connectivity index (χ1v) is 7.52. The number of aliphatic hydroxyl groups is 1. The second kappa shape index (κ2) is 5.57. The number of aromatic amines is 1. The largest absolute Gasteiger partial charge is 0.396 e. The van der Waals surface area contributed by atoms with E-state index in [1.54, 1.807) is 17.8 Å². The number of carbonyl (C=O) groups excluding carboxylic acids is 1. The summed E-state index contributed by atoms with van der Waals surface area (Å²) >= 11 is 0. The van der Waals surface area contributed by atoms with Crippen LogP contribution in [0.25, 0.3) is 11.0 Å². The van der Waals surface area contributed by atoms with E-state index in [1.165, 1.54) is 0 Å². The van der Waals surface area contributed by atoms with Crippen LogP contribution in [-0.4, -0.2) is 38.4 Å². The van der Waals surface area contributed by atoms with Gasteiger partial charge in [-0.2, -0.15) is 0 Å². The van der Waals surface area contributed by atoms with Crippen LogP contribution in [0.5, 0.6) is 0 Å². The summed E-state index contributed by atoms with van der Waals surface area (Å²) in [7, 11) is 1.71. The number of hydrogen-bond acceptors (Lipinski definition) is 4. The molecule has 1 saturated carbocycles. The fourth-order valence-corrected chi connectivity index (χ4v) is 2.61. The van der Waals surface area contributed by atoms with Crippen LogP contribution in [-0.2, 0) is 7.05 Å². The van der Waals surface area contributed by atoms with E-state index in [9.17, 15) is 9.59 Å². The van der Waals surface area contributed by atoms with Crippen LogP contribution in [0.2, 0.25) is 0 Å². The number of aryl methyl sites for hydroxylation is 1. The molecule has 0 saturated heterocycles. The zero-order valence-electron chi connectivity index (χ0n) is 12.7. The molecule has 22 heavy (non-hydrogen) atoms. The molecule has 0 bridgehead atoms. The first-order chi connectivity index (χ1) is 10.5. The molecule has 0 spiro atoms. The number of H-pyrrole nitrogens is 1. The van der Waals surface area contributed by atoms with Gasteiger partial charge in [-0.25, -0.2) is 4.98 Å². The normalized spacial score (nSPS) is 16.0. The highest BCUT2D eigenvalue weighted by Crippen LogP contribution is 2.39. The van der Waals surface area contributed by atoms with Gasteiger partial charge in [0.2, 0.25) is 0 Å². The summed E-state index contributed by atoms with van der Waals surface area (Å²) in [4.78, 5) is 29.1. The van der Waals surface area contributed by atoms with Crippen molar-refractivity contribution in [2.75, 3.05) is 6.61 Å². The van der Waals surface area contributed by atoms with Gasteiger partial charge in [-0.3, -0.25) is 19.4 Å². The minimum Gasteiger partial charge on any atom is -0.396 e. The van der Waals surface area contributed by atoms with Gasteiger partial charge in [-0.05, 0) is 32.3 Å². The Morgan fingerprint density at radius 3 is 2.95 bits per heavy atom. The molecule has 3 rings (SSSR count). The summed E-state index contributed by atoms with van der Waals surface area (Å²) in [5, 5.41) is 14.7. The van der Waals surface area contributed by atoms with Crippen LogP contribution in [0.4, 0.5) is 0 Å². The molecule has 0 aromatic carbocycles. The van der Waals surface area contributed by atoms with Gasteiger partial charge in [0.25, 0.3) is 11.5 Å². The molecule has 1 amide bonds. The van der Waals surface area contributed by atoms with E-state index >= 15 is 0 Å². The molecule has 2 aromatic rings. The molecule has 118 valence electrons. The summed E-state index contributed by atoms with van der Waals surface area (Å²) in [6.07, 6.45) is 2.61. The Morgan fingerprint density at radius 2 is 2.32 bits per heavy atom. The third kappa shape index (κ3) is 2.64. The van der Waals surface area contributed by atoms with Crippen molar-refractivity contribution in [2.45, 2.75) is 38.1 Å². The average molecular weight is 304 g/mol. The number of amides is 1. The molecule has 1 fully saturated rings. The van der Waals surface area contributed by atoms with Crippen molar-refractivity contribution in [3.8, 4) is 0 Å². The fourth-order valence-electron chi connectivity index (χ4n) is 2.61. The number of nitrogens with one attached hydrogen (secondary N) is 2. The van der Waals surface area contributed by atoms with Crippen molar-refractivity contribution in [1.82, 2.24) is 20.1 Å². The van der Waals surface area contributed by atoms with Crippen molar-refractivity contribution in [3.05, 3.63) is 27.7 Å². The number of nitrogens with zero attached hydrogens (tertiary/aromatic N) is 2. The third-order valence-electron chi connectivity index (χ3n) is 4.01. The Hall–Kier alpha value is -2.15. The Morgan fingerprint density at radius 1 is 1.59 bits per heavy atom.